The third kappa shape index (κ3) is 3.10. The van der Waals surface area contributed by atoms with Crippen LogP contribution in [0, 0.1) is 5.92 Å². The quantitative estimate of drug-likeness (QED) is 0.888. The van der Waals surface area contributed by atoms with E-state index in [0.717, 1.165) is 32.4 Å². The summed E-state index contributed by atoms with van der Waals surface area (Å²) in [5, 5.41) is 8.76. The number of rotatable bonds is 4. The molecule has 0 amide bonds. The van der Waals surface area contributed by atoms with Gasteiger partial charge < -0.3 is 14.4 Å². The van der Waals surface area contributed by atoms with Gasteiger partial charge in [0.15, 0.2) is 5.89 Å². The summed E-state index contributed by atoms with van der Waals surface area (Å²) >= 11 is 0. The molecule has 2 rings (SSSR count). The molecule has 1 saturated heterocycles. The lowest BCUT2D eigenvalue weighted by molar-refractivity contribution is 0.0659. The van der Waals surface area contributed by atoms with Crippen LogP contribution in [0.4, 0.5) is 0 Å². The predicted molar refractivity (Wildman–Crippen MR) is 66.6 cm³/mol. The minimum atomic E-state index is -1.05. The minimum Gasteiger partial charge on any atom is -0.475 e. The average molecular weight is 252 g/mol. The van der Waals surface area contributed by atoms with Crippen molar-refractivity contribution in [3.8, 4) is 0 Å². The molecule has 1 fully saturated rings. The van der Waals surface area contributed by atoms with Crippen LogP contribution in [0.5, 0.6) is 0 Å². The van der Waals surface area contributed by atoms with Gasteiger partial charge in [0.05, 0.1) is 6.20 Å². The Bertz CT molecular complexity index is 406. The van der Waals surface area contributed by atoms with Crippen LogP contribution in [-0.4, -0.2) is 40.1 Å². The van der Waals surface area contributed by atoms with Crippen LogP contribution in [0.3, 0.4) is 0 Å². The molecule has 0 aliphatic carbocycles. The van der Waals surface area contributed by atoms with Gasteiger partial charge in [0.2, 0.25) is 5.76 Å². The second-order valence-corrected chi connectivity index (χ2v) is 5.20. The van der Waals surface area contributed by atoms with Crippen molar-refractivity contribution in [2.24, 2.45) is 5.92 Å². The maximum atomic E-state index is 10.7. The van der Waals surface area contributed by atoms with E-state index in [4.69, 9.17) is 9.52 Å². The normalized spacial score (nSPS) is 18.4. The highest BCUT2D eigenvalue weighted by Crippen LogP contribution is 2.22. The SMILES string of the molecule is CC(C)N1CCC(Cc2ncc(C(=O)O)o2)CC1. The van der Waals surface area contributed by atoms with E-state index in [1.165, 1.54) is 6.20 Å². The third-order valence-corrected chi connectivity index (χ3v) is 3.61. The van der Waals surface area contributed by atoms with E-state index >= 15 is 0 Å². The standard InChI is InChI=1S/C13H20N2O3/c1-9(2)15-5-3-10(4-6-15)7-12-14-8-11(18-12)13(16)17/h8-10H,3-7H2,1-2H3,(H,16,17). The first kappa shape index (κ1) is 13.1. The van der Waals surface area contributed by atoms with Gasteiger partial charge >= 0.3 is 5.97 Å². The van der Waals surface area contributed by atoms with Crippen molar-refractivity contribution in [1.29, 1.82) is 0 Å². The van der Waals surface area contributed by atoms with Crippen molar-refractivity contribution in [2.75, 3.05) is 13.1 Å². The minimum absolute atomic E-state index is 0.0652. The van der Waals surface area contributed by atoms with Crippen molar-refractivity contribution in [3.63, 3.8) is 0 Å². The number of nitrogens with zero attached hydrogens (tertiary/aromatic N) is 2. The summed E-state index contributed by atoms with van der Waals surface area (Å²) < 4.78 is 5.20. The summed E-state index contributed by atoms with van der Waals surface area (Å²) in [4.78, 5) is 17.2. The van der Waals surface area contributed by atoms with Crippen LogP contribution in [0.25, 0.3) is 0 Å². The number of carbonyl (C=O) groups is 1. The molecule has 0 saturated carbocycles. The lowest BCUT2D eigenvalue weighted by Crippen LogP contribution is -2.38. The van der Waals surface area contributed by atoms with Crippen LogP contribution in [0.2, 0.25) is 0 Å². The van der Waals surface area contributed by atoms with E-state index in [1.54, 1.807) is 0 Å². The molecule has 0 radical (unpaired) electrons. The maximum Gasteiger partial charge on any atom is 0.373 e. The van der Waals surface area contributed by atoms with E-state index < -0.39 is 5.97 Å². The Kier molecular flexibility index (Phi) is 4.01. The van der Waals surface area contributed by atoms with Gasteiger partial charge in [-0.2, -0.15) is 0 Å². The zero-order chi connectivity index (χ0) is 13.1. The highest BCUT2D eigenvalue weighted by Gasteiger charge is 2.22. The third-order valence-electron chi connectivity index (χ3n) is 3.61. The Hall–Kier alpha value is -1.36. The summed E-state index contributed by atoms with van der Waals surface area (Å²) in [7, 11) is 0. The Morgan fingerprint density at radius 1 is 1.56 bits per heavy atom. The molecule has 2 heterocycles. The van der Waals surface area contributed by atoms with Gasteiger partial charge in [-0.25, -0.2) is 9.78 Å². The molecule has 0 spiro atoms. The van der Waals surface area contributed by atoms with Crippen LogP contribution in [0.1, 0.15) is 43.1 Å². The van der Waals surface area contributed by atoms with Gasteiger partial charge in [-0.1, -0.05) is 0 Å². The topological polar surface area (TPSA) is 66.6 Å². The van der Waals surface area contributed by atoms with Crippen molar-refractivity contribution in [2.45, 2.75) is 39.2 Å². The number of hydrogen-bond donors (Lipinski definition) is 1. The molecular weight excluding hydrogens is 232 g/mol. The highest BCUT2D eigenvalue weighted by atomic mass is 16.4. The van der Waals surface area contributed by atoms with Gasteiger partial charge in [0, 0.05) is 12.5 Å². The van der Waals surface area contributed by atoms with E-state index in [9.17, 15) is 4.79 Å². The summed E-state index contributed by atoms with van der Waals surface area (Å²) in [5.74, 6) is -0.0105. The number of aromatic carboxylic acids is 1. The molecule has 0 bridgehead atoms. The molecule has 100 valence electrons. The number of likely N-dealkylation sites (tertiary alicyclic amines) is 1. The fraction of sp³-hybridized carbons (Fsp3) is 0.692. The Morgan fingerprint density at radius 3 is 2.72 bits per heavy atom. The van der Waals surface area contributed by atoms with Crippen molar-refractivity contribution in [3.05, 3.63) is 17.8 Å². The zero-order valence-corrected chi connectivity index (χ0v) is 10.9. The Labute approximate surface area is 107 Å². The fourth-order valence-electron chi connectivity index (χ4n) is 2.42. The van der Waals surface area contributed by atoms with E-state index in [0.29, 0.717) is 17.9 Å². The smallest absolute Gasteiger partial charge is 0.373 e. The number of piperidine rings is 1. The first-order valence-electron chi connectivity index (χ1n) is 6.48. The first-order valence-corrected chi connectivity index (χ1v) is 6.48. The molecule has 0 atom stereocenters. The van der Waals surface area contributed by atoms with E-state index in [-0.39, 0.29) is 5.76 Å². The van der Waals surface area contributed by atoms with Crippen LogP contribution in [-0.2, 0) is 6.42 Å². The molecule has 5 nitrogen and oxygen atoms in total. The highest BCUT2D eigenvalue weighted by molar-refractivity contribution is 5.83. The van der Waals surface area contributed by atoms with Crippen molar-refractivity contribution in [1.82, 2.24) is 9.88 Å². The molecule has 1 aliphatic heterocycles. The molecule has 0 unspecified atom stereocenters. The molecule has 1 aromatic rings. The van der Waals surface area contributed by atoms with Crippen LogP contribution < -0.4 is 0 Å². The maximum absolute atomic E-state index is 10.7. The number of hydrogen-bond acceptors (Lipinski definition) is 4. The molecule has 1 aliphatic rings. The molecule has 1 aromatic heterocycles. The fourth-order valence-corrected chi connectivity index (χ4v) is 2.42. The summed E-state index contributed by atoms with van der Waals surface area (Å²) in [5.41, 5.74) is 0. The number of oxazole rings is 1. The van der Waals surface area contributed by atoms with E-state index in [1.807, 2.05) is 0 Å². The van der Waals surface area contributed by atoms with Crippen LogP contribution >= 0.6 is 0 Å². The van der Waals surface area contributed by atoms with Gasteiger partial charge in [-0.05, 0) is 45.7 Å². The lowest BCUT2D eigenvalue weighted by atomic mass is 9.93. The van der Waals surface area contributed by atoms with Gasteiger partial charge in [0.25, 0.3) is 0 Å². The Morgan fingerprint density at radius 2 is 2.22 bits per heavy atom. The molecular formula is C13H20N2O3. The monoisotopic (exact) mass is 252 g/mol. The number of carboxylic acid groups (broad SMARTS) is 1. The molecule has 5 heteroatoms. The van der Waals surface area contributed by atoms with Crippen molar-refractivity contribution < 1.29 is 14.3 Å². The lowest BCUT2D eigenvalue weighted by Gasteiger charge is -2.34. The molecule has 1 N–H and O–H groups in total. The molecule has 0 aromatic carbocycles. The summed E-state index contributed by atoms with van der Waals surface area (Å²) in [6.07, 6.45) is 4.30. The largest absolute Gasteiger partial charge is 0.475 e. The number of carboxylic acids is 1. The van der Waals surface area contributed by atoms with Gasteiger partial charge in [-0.3, -0.25) is 0 Å². The number of aromatic nitrogens is 1. The van der Waals surface area contributed by atoms with Gasteiger partial charge in [-0.15, -0.1) is 0 Å². The van der Waals surface area contributed by atoms with Crippen LogP contribution in [0.15, 0.2) is 10.6 Å². The predicted octanol–water partition coefficient (Wildman–Crippen LogP) is 2.04. The first-order chi connectivity index (χ1) is 8.56. The average Bonchev–Trinajstić information content (AvgIpc) is 2.78. The zero-order valence-electron chi connectivity index (χ0n) is 10.9. The Balaban J connectivity index is 1.85. The summed E-state index contributed by atoms with van der Waals surface area (Å²) in [6, 6.07) is 0.603. The molecule has 18 heavy (non-hydrogen) atoms. The second kappa shape index (κ2) is 5.52. The van der Waals surface area contributed by atoms with Gasteiger partial charge in [0.1, 0.15) is 0 Å². The summed E-state index contributed by atoms with van der Waals surface area (Å²) in [6.45, 7) is 6.64. The van der Waals surface area contributed by atoms with E-state index in [2.05, 4.69) is 23.7 Å². The second-order valence-electron chi connectivity index (χ2n) is 5.20. The van der Waals surface area contributed by atoms with Crippen molar-refractivity contribution >= 4 is 5.97 Å².